The normalized spacial score (nSPS) is 26.1. The van der Waals surface area contributed by atoms with E-state index in [9.17, 15) is 0 Å². The van der Waals surface area contributed by atoms with Gasteiger partial charge in [0.25, 0.3) is 0 Å². The zero-order valence-electron chi connectivity index (χ0n) is 9.23. The Bertz CT molecular complexity index is 483. The fourth-order valence-electron chi connectivity index (χ4n) is 2.61. The van der Waals surface area contributed by atoms with Gasteiger partial charge in [0.1, 0.15) is 5.52 Å². The van der Waals surface area contributed by atoms with Crippen molar-refractivity contribution in [3.8, 4) is 0 Å². The fraction of sp³-hybridized carbons (Fsp3) is 0.462. The highest BCUT2D eigenvalue weighted by Crippen LogP contribution is 2.36. The van der Waals surface area contributed by atoms with E-state index >= 15 is 0 Å². The topological polar surface area (TPSA) is 52.0 Å². The van der Waals surface area contributed by atoms with Crippen LogP contribution in [0.4, 0.5) is 0 Å². The van der Waals surface area contributed by atoms with E-state index in [-0.39, 0.29) is 0 Å². The summed E-state index contributed by atoms with van der Waals surface area (Å²) in [6.07, 6.45) is 8.25. The van der Waals surface area contributed by atoms with Gasteiger partial charge in [-0.25, -0.2) is 0 Å². The van der Waals surface area contributed by atoms with Crippen LogP contribution >= 0.6 is 0 Å². The number of fused-ring (bicyclic) bond motifs is 1. The van der Waals surface area contributed by atoms with E-state index in [1.165, 1.54) is 5.56 Å². The van der Waals surface area contributed by atoms with Gasteiger partial charge in [0.15, 0.2) is 5.58 Å². The van der Waals surface area contributed by atoms with Gasteiger partial charge in [-0.3, -0.25) is 4.98 Å². The van der Waals surface area contributed by atoms with Crippen LogP contribution in [0.3, 0.4) is 0 Å². The van der Waals surface area contributed by atoms with Crippen molar-refractivity contribution in [1.82, 2.24) is 4.98 Å². The third-order valence-corrected chi connectivity index (χ3v) is 3.57. The summed E-state index contributed by atoms with van der Waals surface area (Å²) in [5.74, 6) is 0.580. The highest BCUT2D eigenvalue weighted by atomic mass is 16.3. The van der Waals surface area contributed by atoms with E-state index in [0.29, 0.717) is 12.0 Å². The van der Waals surface area contributed by atoms with Crippen LogP contribution in [-0.4, -0.2) is 11.0 Å². The molecule has 16 heavy (non-hydrogen) atoms. The summed E-state index contributed by atoms with van der Waals surface area (Å²) in [5.41, 5.74) is 9.12. The van der Waals surface area contributed by atoms with Crippen LogP contribution in [0.5, 0.6) is 0 Å². The van der Waals surface area contributed by atoms with Crippen molar-refractivity contribution < 1.29 is 4.42 Å². The third-order valence-electron chi connectivity index (χ3n) is 3.57. The molecular formula is C13H16N2O. The Morgan fingerprint density at radius 2 is 2.06 bits per heavy atom. The molecule has 1 aliphatic carbocycles. The smallest absolute Gasteiger partial charge is 0.152 e. The molecular weight excluding hydrogens is 200 g/mol. The first-order valence-electron chi connectivity index (χ1n) is 5.92. The molecule has 84 valence electrons. The van der Waals surface area contributed by atoms with Crippen molar-refractivity contribution in [3.63, 3.8) is 0 Å². The van der Waals surface area contributed by atoms with E-state index < -0.39 is 0 Å². The lowest BCUT2D eigenvalue weighted by atomic mass is 9.82. The van der Waals surface area contributed by atoms with Crippen LogP contribution in [0.2, 0.25) is 0 Å². The van der Waals surface area contributed by atoms with E-state index in [2.05, 4.69) is 4.98 Å². The number of hydrogen-bond donors (Lipinski definition) is 1. The Morgan fingerprint density at radius 3 is 2.88 bits per heavy atom. The minimum absolute atomic E-state index is 0.391. The molecule has 2 aromatic rings. The van der Waals surface area contributed by atoms with Crippen molar-refractivity contribution in [2.45, 2.75) is 37.6 Å². The fourth-order valence-corrected chi connectivity index (χ4v) is 2.61. The SMILES string of the molecule is N[C@H]1CC[C@H](c2coc3cccnc32)CC1. The maximum absolute atomic E-state index is 5.92. The van der Waals surface area contributed by atoms with Gasteiger partial charge >= 0.3 is 0 Å². The molecule has 0 aliphatic heterocycles. The van der Waals surface area contributed by atoms with Gasteiger partial charge in [0.2, 0.25) is 0 Å². The summed E-state index contributed by atoms with van der Waals surface area (Å²) in [4.78, 5) is 4.41. The van der Waals surface area contributed by atoms with Crippen molar-refractivity contribution in [3.05, 3.63) is 30.2 Å². The molecule has 3 rings (SSSR count). The zero-order chi connectivity index (χ0) is 11.0. The Morgan fingerprint density at radius 1 is 1.25 bits per heavy atom. The van der Waals surface area contributed by atoms with Crippen LogP contribution < -0.4 is 5.73 Å². The maximum atomic E-state index is 5.92. The molecule has 1 saturated carbocycles. The third kappa shape index (κ3) is 1.61. The summed E-state index contributed by atoms with van der Waals surface area (Å²) in [6.45, 7) is 0. The molecule has 3 nitrogen and oxygen atoms in total. The second-order valence-corrected chi connectivity index (χ2v) is 4.65. The summed E-state index contributed by atoms with van der Waals surface area (Å²) in [5, 5.41) is 0. The summed E-state index contributed by atoms with van der Waals surface area (Å²) in [6, 6.07) is 4.27. The Hall–Kier alpha value is -1.35. The lowest BCUT2D eigenvalue weighted by Crippen LogP contribution is -2.25. The monoisotopic (exact) mass is 216 g/mol. The molecule has 1 aliphatic rings. The zero-order valence-corrected chi connectivity index (χ0v) is 9.23. The van der Waals surface area contributed by atoms with Gasteiger partial charge in [-0.05, 0) is 43.7 Å². The number of aromatic nitrogens is 1. The predicted molar refractivity (Wildman–Crippen MR) is 63.2 cm³/mol. The molecule has 2 heterocycles. The van der Waals surface area contributed by atoms with Crippen molar-refractivity contribution in [1.29, 1.82) is 0 Å². The molecule has 3 heteroatoms. The molecule has 0 unspecified atom stereocenters. The Labute approximate surface area is 94.7 Å². The van der Waals surface area contributed by atoms with Crippen molar-refractivity contribution in [2.75, 3.05) is 0 Å². The molecule has 2 aromatic heterocycles. The van der Waals surface area contributed by atoms with Crippen LogP contribution in [0.25, 0.3) is 11.1 Å². The second kappa shape index (κ2) is 3.91. The predicted octanol–water partition coefficient (Wildman–Crippen LogP) is 2.81. The van der Waals surface area contributed by atoms with E-state index in [0.717, 1.165) is 36.8 Å². The van der Waals surface area contributed by atoms with Crippen LogP contribution in [-0.2, 0) is 0 Å². The largest absolute Gasteiger partial charge is 0.462 e. The molecule has 0 radical (unpaired) electrons. The minimum Gasteiger partial charge on any atom is -0.462 e. The first-order valence-corrected chi connectivity index (χ1v) is 5.92. The van der Waals surface area contributed by atoms with Gasteiger partial charge in [-0.15, -0.1) is 0 Å². The van der Waals surface area contributed by atoms with Gasteiger partial charge in [-0.2, -0.15) is 0 Å². The molecule has 2 N–H and O–H groups in total. The first-order chi connectivity index (χ1) is 7.84. The van der Waals surface area contributed by atoms with E-state index in [1.807, 2.05) is 24.6 Å². The number of nitrogens with two attached hydrogens (primary N) is 1. The molecule has 0 saturated heterocycles. The molecule has 0 spiro atoms. The van der Waals surface area contributed by atoms with Gasteiger partial charge in [-0.1, -0.05) is 0 Å². The summed E-state index contributed by atoms with van der Waals surface area (Å²) >= 11 is 0. The van der Waals surface area contributed by atoms with E-state index in [4.69, 9.17) is 10.2 Å². The second-order valence-electron chi connectivity index (χ2n) is 4.65. The molecule has 1 fully saturated rings. The number of nitrogens with zero attached hydrogens (tertiary/aromatic N) is 1. The van der Waals surface area contributed by atoms with Crippen LogP contribution in [0, 0.1) is 0 Å². The van der Waals surface area contributed by atoms with Crippen molar-refractivity contribution >= 4 is 11.1 Å². The van der Waals surface area contributed by atoms with Crippen LogP contribution in [0.1, 0.15) is 37.2 Å². The Balaban J connectivity index is 1.94. The average molecular weight is 216 g/mol. The highest BCUT2D eigenvalue weighted by molar-refractivity contribution is 5.76. The summed E-state index contributed by atoms with van der Waals surface area (Å²) in [7, 11) is 0. The Kier molecular flexibility index (Phi) is 2.40. The van der Waals surface area contributed by atoms with Gasteiger partial charge in [0.05, 0.1) is 6.26 Å². The van der Waals surface area contributed by atoms with Crippen LogP contribution in [0.15, 0.2) is 29.0 Å². The van der Waals surface area contributed by atoms with Gasteiger partial charge < -0.3 is 10.2 Å². The number of pyridine rings is 1. The number of hydrogen-bond acceptors (Lipinski definition) is 3. The quantitative estimate of drug-likeness (QED) is 0.797. The molecule has 0 aromatic carbocycles. The standard InChI is InChI=1S/C13H16N2O/c14-10-5-3-9(4-6-10)11-8-16-12-2-1-7-15-13(11)12/h1-2,7-10H,3-6,14H2/t9-,10-. The lowest BCUT2D eigenvalue weighted by Gasteiger charge is -2.25. The van der Waals surface area contributed by atoms with E-state index in [1.54, 1.807) is 0 Å². The summed E-state index contributed by atoms with van der Waals surface area (Å²) < 4.78 is 5.54. The first kappa shape index (κ1) is 9.85. The molecule has 0 amide bonds. The minimum atomic E-state index is 0.391. The molecule has 0 bridgehead atoms. The highest BCUT2D eigenvalue weighted by Gasteiger charge is 2.23. The number of furan rings is 1. The maximum Gasteiger partial charge on any atom is 0.152 e. The lowest BCUT2D eigenvalue weighted by molar-refractivity contribution is 0.394. The number of rotatable bonds is 1. The van der Waals surface area contributed by atoms with Gasteiger partial charge in [0, 0.05) is 17.8 Å². The average Bonchev–Trinajstić information content (AvgIpc) is 2.74. The van der Waals surface area contributed by atoms with Crippen molar-refractivity contribution in [2.24, 2.45) is 5.73 Å². The molecule has 0 atom stereocenters.